The van der Waals surface area contributed by atoms with Crippen LogP contribution in [0, 0.1) is 0 Å². The van der Waals surface area contributed by atoms with E-state index in [0.717, 1.165) is 16.8 Å². The molecule has 1 atom stereocenters. The molecule has 5 nitrogen and oxygen atoms in total. The standard InChI is InChI=1S/C20H27N3O2/c1-22(2)18-12-10-17(11-13-18)19(23(3)4)14-21-20(24)25-15-16-8-6-5-7-9-16/h5-13,19H,14-15H2,1-4H3,(H,21,24). The summed E-state index contributed by atoms with van der Waals surface area (Å²) in [6.07, 6.45) is -0.402. The number of alkyl carbamates (subject to hydrolysis) is 1. The Kier molecular flexibility index (Phi) is 6.83. The van der Waals surface area contributed by atoms with Crippen molar-refractivity contribution in [2.75, 3.05) is 39.6 Å². The van der Waals surface area contributed by atoms with Gasteiger partial charge in [-0.05, 0) is 37.4 Å². The number of nitrogens with one attached hydrogen (secondary N) is 1. The van der Waals surface area contributed by atoms with Gasteiger partial charge in [0, 0.05) is 26.3 Å². The predicted octanol–water partition coefficient (Wildman–Crippen LogP) is 3.28. The minimum atomic E-state index is -0.402. The molecule has 25 heavy (non-hydrogen) atoms. The van der Waals surface area contributed by atoms with Gasteiger partial charge in [0.05, 0.1) is 6.04 Å². The minimum absolute atomic E-state index is 0.0838. The van der Waals surface area contributed by atoms with Gasteiger partial charge in [0.25, 0.3) is 0 Å². The van der Waals surface area contributed by atoms with Gasteiger partial charge in [-0.2, -0.15) is 0 Å². The molecule has 0 saturated heterocycles. The van der Waals surface area contributed by atoms with Crippen LogP contribution in [0.4, 0.5) is 10.5 Å². The van der Waals surface area contributed by atoms with E-state index < -0.39 is 6.09 Å². The highest BCUT2D eigenvalue weighted by Crippen LogP contribution is 2.21. The van der Waals surface area contributed by atoms with Gasteiger partial charge < -0.3 is 19.9 Å². The molecule has 2 aromatic rings. The molecule has 0 spiro atoms. The van der Waals surface area contributed by atoms with Gasteiger partial charge in [0.15, 0.2) is 0 Å². The Bertz CT molecular complexity index is 654. The van der Waals surface area contributed by atoms with Crippen LogP contribution >= 0.6 is 0 Å². The molecule has 0 fully saturated rings. The topological polar surface area (TPSA) is 44.8 Å². The molecule has 0 heterocycles. The van der Waals surface area contributed by atoms with Gasteiger partial charge in [-0.15, -0.1) is 0 Å². The van der Waals surface area contributed by atoms with E-state index in [1.807, 2.05) is 58.5 Å². The fraction of sp³-hybridized carbons (Fsp3) is 0.350. The summed E-state index contributed by atoms with van der Waals surface area (Å²) >= 11 is 0. The Balaban J connectivity index is 1.89. The lowest BCUT2D eigenvalue weighted by Gasteiger charge is -2.25. The molecular weight excluding hydrogens is 314 g/mol. The Morgan fingerprint density at radius 3 is 2.20 bits per heavy atom. The average molecular weight is 341 g/mol. The van der Waals surface area contributed by atoms with Crippen LogP contribution in [0.5, 0.6) is 0 Å². The zero-order chi connectivity index (χ0) is 18.2. The van der Waals surface area contributed by atoms with Crippen LogP contribution in [0.3, 0.4) is 0 Å². The molecule has 2 rings (SSSR count). The third-order valence-electron chi connectivity index (χ3n) is 4.07. The van der Waals surface area contributed by atoms with E-state index in [4.69, 9.17) is 4.74 Å². The highest BCUT2D eigenvalue weighted by Gasteiger charge is 2.16. The van der Waals surface area contributed by atoms with Crippen molar-refractivity contribution in [1.82, 2.24) is 10.2 Å². The Morgan fingerprint density at radius 2 is 1.64 bits per heavy atom. The molecule has 1 unspecified atom stereocenters. The van der Waals surface area contributed by atoms with Gasteiger partial charge in [-0.3, -0.25) is 0 Å². The number of carbonyl (C=O) groups excluding carboxylic acids is 1. The second kappa shape index (κ2) is 9.08. The summed E-state index contributed by atoms with van der Waals surface area (Å²) in [5.74, 6) is 0. The van der Waals surface area contributed by atoms with Crippen LogP contribution in [0.2, 0.25) is 0 Å². The molecule has 5 heteroatoms. The summed E-state index contributed by atoms with van der Waals surface area (Å²) < 4.78 is 5.27. The van der Waals surface area contributed by atoms with E-state index in [1.165, 1.54) is 0 Å². The average Bonchev–Trinajstić information content (AvgIpc) is 2.61. The molecule has 1 N–H and O–H groups in total. The molecule has 134 valence electrons. The molecule has 1 amide bonds. The largest absolute Gasteiger partial charge is 0.445 e. The highest BCUT2D eigenvalue weighted by atomic mass is 16.5. The van der Waals surface area contributed by atoms with E-state index in [-0.39, 0.29) is 12.6 Å². The van der Waals surface area contributed by atoms with Crippen molar-refractivity contribution in [2.24, 2.45) is 0 Å². The maximum absolute atomic E-state index is 12.0. The fourth-order valence-corrected chi connectivity index (χ4v) is 2.55. The Hall–Kier alpha value is -2.53. The lowest BCUT2D eigenvalue weighted by atomic mass is 10.1. The van der Waals surface area contributed by atoms with Crippen molar-refractivity contribution in [3.05, 3.63) is 65.7 Å². The maximum atomic E-state index is 12.0. The zero-order valence-electron chi connectivity index (χ0n) is 15.4. The third kappa shape index (κ3) is 5.80. The summed E-state index contributed by atoms with van der Waals surface area (Å²) in [6.45, 7) is 0.763. The number of amides is 1. The first-order valence-corrected chi connectivity index (χ1v) is 8.35. The van der Waals surface area contributed by atoms with Crippen molar-refractivity contribution < 1.29 is 9.53 Å². The zero-order valence-corrected chi connectivity index (χ0v) is 15.4. The number of likely N-dealkylation sites (N-methyl/N-ethyl adjacent to an activating group) is 1. The molecule has 0 saturated carbocycles. The van der Waals surface area contributed by atoms with Gasteiger partial charge in [0.2, 0.25) is 0 Å². The van der Waals surface area contributed by atoms with Crippen LogP contribution in [0.1, 0.15) is 17.2 Å². The first-order chi connectivity index (χ1) is 12.0. The second-order valence-electron chi connectivity index (χ2n) is 6.41. The summed E-state index contributed by atoms with van der Waals surface area (Å²) in [5.41, 5.74) is 3.27. The molecule has 0 aliphatic rings. The van der Waals surface area contributed by atoms with Crippen molar-refractivity contribution in [1.29, 1.82) is 0 Å². The lowest BCUT2D eigenvalue weighted by molar-refractivity contribution is 0.136. The molecule has 0 radical (unpaired) electrons. The number of ether oxygens (including phenoxy) is 1. The quantitative estimate of drug-likeness (QED) is 0.839. The maximum Gasteiger partial charge on any atom is 0.407 e. The SMILES string of the molecule is CN(C)c1ccc(C(CNC(=O)OCc2ccccc2)N(C)C)cc1. The smallest absolute Gasteiger partial charge is 0.407 e. The van der Waals surface area contributed by atoms with E-state index in [0.29, 0.717) is 6.54 Å². The van der Waals surface area contributed by atoms with Gasteiger partial charge in [-0.25, -0.2) is 4.79 Å². The highest BCUT2D eigenvalue weighted by molar-refractivity contribution is 5.67. The van der Waals surface area contributed by atoms with Gasteiger partial charge in [-0.1, -0.05) is 42.5 Å². The number of carbonyl (C=O) groups is 1. The molecule has 0 aliphatic carbocycles. The molecule has 2 aromatic carbocycles. The Morgan fingerprint density at radius 1 is 1.00 bits per heavy atom. The van der Waals surface area contributed by atoms with Gasteiger partial charge >= 0.3 is 6.09 Å². The third-order valence-corrected chi connectivity index (χ3v) is 4.07. The van der Waals surface area contributed by atoms with Crippen LogP contribution in [-0.4, -0.2) is 45.7 Å². The normalized spacial score (nSPS) is 11.9. The molecular formula is C20H27N3O2. The Labute approximate surface area is 150 Å². The molecule has 0 bridgehead atoms. The fourth-order valence-electron chi connectivity index (χ4n) is 2.55. The van der Waals surface area contributed by atoms with E-state index in [9.17, 15) is 4.79 Å². The summed E-state index contributed by atoms with van der Waals surface area (Å²) in [4.78, 5) is 16.1. The number of hydrogen-bond acceptors (Lipinski definition) is 4. The number of anilines is 1. The van der Waals surface area contributed by atoms with E-state index in [2.05, 4.69) is 39.4 Å². The molecule has 0 aromatic heterocycles. The minimum Gasteiger partial charge on any atom is -0.445 e. The van der Waals surface area contributed by atoms with Crippen molar-refractivity contribution in [2.45, 2.75) is 12.6 Å². The number of nitrogens with zero attached hydrogens (tertiary/aromatic N) is 2. The van der Waals surface area contributed by atoms with Crippen LogP contribution in [-0.2, 0) is 11.3 Å². The van der Waals surface area contributed by atoms with Crippen molar-refractivity contribution >= 4 is 11.8 Å². The first kappa shape index (κ1) is 18.8. The first-order valence-electron chi connectivity index (χ1n) is 8.35. The van der Waals surface area contributed by atoms with E-state index >= 15 is 0 Å². The summed E-state index contributed by atoms with van der Waals surface area (Å²) in [5, 5.41) is 2.86. The second-order valence-corrected chi connectivity index (χ2v) is 6.41. The molecule has 0 aliphatic heterocycles. The summed E-state index contributed by atoms with van der Waals surface area (Å²) in [6, 6.07) is 18.1. The van der Waals surface area contributed by atoms with Crippen LogP contribution in [0.25, 0.3) is 0 Å². The number of benzene rings is 2. The van der Waals surface area contributed by atoms with E-state index in [1.54, 1.807) is 0 Å². The summed E-state index contributed by atoms with van der Waals surface area (Å²) in [7, 11) is 8.04. The predicted molar refractivity (Wildman–Crippen MR) is 102 cm³/mol. The lowest BCUT2D eigenvalue weighted by Crippen LogP contribution is -2.34. The number of rotatable bonds is 7. The monoisotopic (exact) mass is 341 g/mol. The van der Waals surface area contributed by atoms with Crippen molar-refractivity contribution in [3.63, 3.8) is 0 Å². The van der Waals surface area contributed by atoms with Crippen LogP contribution < -0.4 is 10.2 Å². The van der Waals surface area contributed by atoms with Gasteiger partial charge in [0.1, 0.15) is 6.61 Å². The van der Waals surface area contributed by atoms with Crippen LogP contribution in [0.15, 0.2) is 54.6 Å². The van der Waals surface area contributed by atoms with Crippen molar-refractivity contribution in [3.8, 4) is 0 Å². The number of hydrogen-bond donors (Lipinski definition) is 1.